The van der Waals surface area contributed by atoms with Gasteiger partial charge in [-0.15, -0.1) is 0 Å². The minimum atomic E-state index is -0.324. The average molecular weight is 354 g/mol. The van der Waals surface area contributed by atoms with Gasteiger partial charge in [-0.25, -0.2) is 4.98 Å². The van der Waals surface area contributed by atoms with E-state index in [-0.39, 0.29) is 30.2 Å². The van der Waals surface area contributed by atoms with Crippen LogP contribution in [0.3, 0.4) is 0 Å². The number of rotatable bonds is 5. The first-order valence-electron chi connectivity index (χ1n) is 8.53. The zero-order valence-corrected chi connectivity index (χ0v) is 15.0. The number of pyridine rings is 1. The Morgan fingerprint density at radius 3 is 2.77 bits per heavy atom. The van der Waals surface area contributed by atoms with Crippen molar-refractivity contribution in [3.8, 4) is 5.75 Å². The maximum atomic E-state index is 12.2. The van der Waals surface area contributed by atoms with Gasteiger partial charge in [-0.05, 0) is 31.2 Å². The van der Waals surface area contributed by atoms with E-state index in [1.165, 1.54) is 10.6 Å². The lowest BCUT2D eigenvalue weighted by atomic mass is 10.2. The molecular weight excluding hydrogens is 332 g/mol. The first-order chi connectivity index (χ1) is 12.3. The van der Waals surface area contributed by atoms with Crippen LogP contribution in [0.2, 0.25) is 0 Å². The largest absolute Gasteiger partial charge is 0.508 e. The van der Waals surface area contributed by atoms with Crippen molar-refractivity contribution < 1.29 is 9.90 Å². The Bertz CT molecular complexity index is 1020. The van der Waals surface area contributed by atoms with Crippen LogP contribution >= 0.6 is 0 Å². The van der Waals surface area contributed by atoms with E-state index in [1.54, 1.807) is 6.92 Å². The molecule has 3 aromatic rings. The molecule has 0 saturated carbocycles. The van der Waals surface area contributed by atoms with Crippen molar-refractivity contribution in [2.75, 3.05) is 5.32 Å². The topological polar surface area (TPSA) is 100 Å². The van der Waals surface area contributed by atoms with E-state index in [0.717, 1.165) is 22.9 Å². The molecule has 0 unspecified atom stereocenters. The number of hydrogen-bond acceptors (Lipinski definition) is 4. The Balaban J connectivity index is 1.68. The lowest BCUT2D eigenvalue weighted by molar-refractivity contribution is -0.116. The third-order valence-corrected chi connectivity index (χ3v) is 4.21. The number of benzene rings is 1. The highest BCUT2D eigenvalue weighted by atomic mass is 16.3. The number of nitrogens with one attached hydrogen (secondary N) is 2. The number of H-pyrrole nitrogens is 1. The maximum Gasteiger partial charge on any atom is 0.254 e. The molecule has 3 N–H and O–H groups in total. The van der Waals surface area contributed by atoms with E-state index in [2.05, 4.69) is 29.1 Å². The minimum absolute atomic E-state index is 0.0678. The molecule has 0 aliphatic rings. The first-order valence-corrected chi connectivity index (χ1v) is 8.53. The molecule has 2 heterocycles. The van der Waals surface area contributed by atoms with E-state index in [0.29, 0.717) is 17.3 Å². The van der Waals surface area contributed by atoms with Crippen LogP contribution in [0.15, 0.2) is 35.1 Å². The van der Waals surface area contributed by atoms with Crippen LogP contribution in [0.1, 0.15) is 37.7 Å². The van der Waals surface area contributed by atoms with E-state index < -0.39 is 0 Å². The van der Waals surface area contributed by atoms with Crippen molar-refractivity contribution in [1.29, 1.82) is 0 Å². The van der Waals surface area contributed by atoms with E-state index in [1.807, 2.05) is 18.2 Å². The average Bonchev–Trinajstić information content (AvgIpc) is 2.97. The van der Waals surface area contributed by atoms with Gasteiger partial charge in [-0.3, -0.25) is 9.59 Å². The second-order valence-corrected chi connectivity index (χ2v) is 6.65. The minimum Gasteiger partial charge on any atom is -0.508 e. The summed E-state index contributed by atoms with van der Waals surface area (Å²) < 4.78 is 1.46. The predicted octanol–water partition coefficient (Wildman–Crippen LogP) is 2.89. The zero-order valence-electron chi connectivity index (χ0n) is 15.0. The second-order valence-electron chi connectivity index (χ2n) is 6.65. The van der Waals surface area contributed by atoms with E-state index in [9.17, 15) is 14.7 Å². The molecule has 136 valence electrons. The number of aromatic amines is 1. The first kappa shape index (κ1) is 17.7. The number of aryl methyl sites for hydroxylation is 1. The monoisotopic (exact) mass is 354 g/mol. The Labute approximate surface area is 150 Å². The van der Waals surface area contributed by atoms with Crippen molar-refractivity contribution in [3.63, 3.8) is 0 Å². The molecule has 1 amide bonds. The Morgan fingerprint density at radius 2 is 2.08 bits per heavy atom. The number of hydrogen-bond donors (Lipinski definition) is 3. The maximum absolute atomic E-state index is 12.2. The normalized spacial score (nSPS) is 11.2. The summed E-state index contributed by atoms with van der Waals surface area (Å²) in [5, 5.41) is 12.3. The molecule has 0 spiro atoms. The Kier molecular flexibility index (Phi) is 4.79. The summed E-state index contributed by atoms with van der Waals surface area (Å²) in [6.45, 7) is 6.10. The molecular formula is C19H22N4O3. The fourth-order valence-corrected chi connectivity index (χ4v) is 2.82. The molecule has 7 nitrogen and oxygen atoms in total. The van der Waals surface area contributed by atoms with Crippen molar-refractivity contribution >= 4 is 22.6 Å². The highest BCUT2D eigenvalue weighted by Gasteiger charge is 2.10. The number of carbonyl (C=O) groups excluding carboxylic acids is 1. The van der Waals surface area contributed by atoms with Gasteiger partial charge in [-0.2, -0.15) is 0 Å². The highest BCUT2D eigenvalue weighted by Crippen LogP contribution is 2.20. The number of imidazole rings is 1. The number of aromatic hydroxyl groups is 1. The fraction of sp³-hybridized carbons (Fsp3) is 0.316. The molecule has 1 aromatic carbocycles. The molecule has 0 aliphatic carbocycles. The Morgan fingerprint density at radius 1 is 1.31 bits per heavy atom. The van der Waals surface area contributed by atoms with Crippen LogP contribution in [0.4, 0.5) is 5.69 Å². The summed E-state index contributed by atoms with van der Waals surface area (Å²) in [6, 6.07) is 8.16. The molecule has 0 atom stereocenters. The summed E-state index contributed by atoms with van der Waals surface area (Å²) in [7, 11) is 0. The number of anilines is 1. The summed E-state index contributed by atoms with van der Waals surface area (Å²) >= 11 is 0. The quantitative estimate of drug-likeness (QED) is 0.656. The van der Waals surface area contributed by atoms with Gasteiger partial charge in [-0.1, -0.05) is 13.8 Å². The predicted molar refractivity (Wildman–Crippen MR) is 101 cm³/mol. The van der Waals surface area contributed by atoms with Crippen LogP contribution < -0.4 is 10.9 Å². The molecule has 0 fully saturated rings. The van der Waals surface area contributed by atoms with Crippen LogP contribution in [0.25, 0.3) is 11.0 Å². The third kappa shape index (κ3) is 3.77. The molecule has 0 saturated heterocycles. The number of aromatic nitrogens is 3. The summed E-state index contributed by atoms with van der Waals surface area (Å²) in [6.07, 6.45) is 0.157. The van der Waals surface area contributed by atoms with Gasteiger partial charge in [0.25, 0.3) is 5.56 Å². The molecule has 3 rings (SSSR count). The second kappa shape index (κ2) is 7.03. The van der Waals surface area contributed by atoms with Crippen LogP contribution in [0, 0.1) is 6.92 Å². The van der Waals surface area contributed by atoms with E-state index in [4.69, 9.17) is 0 Å². The van der Waals surface area contributed by atoms with Crippen LogP contribution in [-0.4, -0.2) is 25.5 Å². The number of nitrogens with zero attached hydrogens (tertiary/aromatic N) is 2. The summed E-state index contributed by atoms with van der Waals surface area (Å²) in [5.74, 6) is 0.951. The molecule has 26 heavy (non-hydrogen) atoms. The van der Waals surface area contributed by atoms with Crippen molar-refractivity contribution in [1.82, 2.24) is 14.5 Å². The lowest BCUT2D eigenvalue weighted by Crippen LogP contribution is -2.24. The Hall–Kier alpha value is -3.09. The fourth-order valence-electron chi connectivity index (χ4n) is 2.82. The molecule has 0 radical (unpaired) electrons. The van der Waals surface area contributed by atoms with Gasteiger partial charge >= 0.3 is 0 Å². The summed E-state index contributed by atoms with van der Waals surface area (Å²) in [5.41, 5.74) is 2.70. The van der Waals surface area contributed by atoms with Crippen molar-refractivity contribution in [2.24, 2.45) is 0 Å². The van der Waals surface area contributed by atoms with Gasteiger partial charge in [0.15, 0.2) is 0 Å². The third-order valence-electron chi connectivity index (χ3n) is 4.21. The summed E-state index contributed by atoms with van der Waals surface area (Å²) in [4.78, 5) is 31.9. The zero-order chi connectivity index (χ0) is 18.8. The molecule has 0 bridgehead atoms. The van der Waals surface area contributed by atoms with Gasteiger partial charge in [0.05, 0.1) is 11.0 Å². The van der Waals surface area contributed by atoms with Gasteiger partial charge in [0.2, 0.25) is 5.91 Å². The standard InChI is InChI=1S/C19H22N4O3/c1-11(2)19-21-15-5-4-13(9-16(15)22-19)20-17(25)6-7-23-12(3)8-14(24)10-18(23)26/h4-5,8-11,24H,6-7H2,1-3H3,(H,20,25)(H,21,22). The van der Waals surface area contributed by atoms with Gasteiger partial charge in [0, 0.05) is 36.3 Å². The van der Waals surface area contributed by atoms with Gasteiger partial charge < -0.3 is 20.0 Å². The van der Waals surface area contributed by atoms with E-state index >= 15 is 0 Å². The number of amides is 1. The van der Waals surface area contributed by atoms with Gasteiger partial charge in [0.1, 0.15) is 11.6 Å². The molecule has 0 aliphatic heterocycles. The molecule has 2 aromatic heterocycles. The molecule has 7 heteroatoms. The SMILES string of the molecule is Cc1cc(O)cc(=O)n1CCC(=O)Nc1ccc2nc(C(C)C)[nH]c2c1. The number of carbonyl (C=O) groups is 1. The van der Waals surface area contributed by atoms with Crippen molar-refractivity contribution in [3.05, 3.63) is 52.2 Å². The van der Waals surface area contributed by atoms with Crippen LogP contribution in [0.5, 0.6) is 5.75 Å². The van der Waals surface area contributed by atoms with Crippen molar-refractivity contribution in [2.45, 2.75) is 39.7 Å². The number of fused-ring (bicyclic) bond motifs is 1. The van der Waals surface area contributed by atoms with Crippen LogP contribution in [-0.2, 0) is 11.3 Å². The smallest absolute Gasteiger partial charge is 0.254 e. The lowest BCUT2D eigenvalue weighted by Gasteiger charge is -2.10. The highest BCUT2D eigenvalue weighted by molar-refractivity contribution is 5.93.